The highest BCUT2D eigenvalue weighted by Gasteiger charge is 2.20. The Morgan fingerprint density at radius 2 is 1.82 bits per heavy atom. The molecule has 3 rings (SSSR count). The third-order valence-corrected chi connectivity index (χ3v) is 5.46. The van der Waals surface area contributed by atoms with Gasteiger partial charge in [-0.05, 0) is 49.2 Å². The second-order valence-corrected chi connectivity index (χ2v) is 7.29. The number of carbonyl (C=O) groups is 1. The Bertz CT molecular complexity index is 939. The van der Waals surface area contributed by atoms with Crippen LogP contribution in [0.25, 0.3) is 0 Å². The first-order valence-electron chi connectivity index (χ1n) is 9.37. The number of hydrogen-bond donors (Lipinski definition) is 0. The zero-order chi connectivity index (χ0) is 20.1. The van der Waals surface area contributed by atoms with Crippen LogP contribution < -0.4 is 9.80 Å². The predicted octanol–water partition coefficient (Wildman–Crippen LogP) is 5.56. The average Bonchev–Trinajstić information content (AvgIpc) is 3.15. The Morgan fingerprint density at radius 3 is 2.46 bits per heavy atom. The number of nitrogens with zero attached hydrogens (tertiary/aromatic N) is 3. The molecule has 28 heavy (non-hydrogen) atoms. The highest BCUT2D eigenvalue weighted by atomic mass is 32.1. The van der Waals surface area contributed by atoms with Crippen molar-refractivity contribution in [3.8, 4) is 0 Å². The Kier molecular flexibility index (Phi) is 6.41. The summed E-state index contributed by atoms with van der Waals surface area (Å²) in [6, 6.07) is 14.4. The van der Waals surface area contributed by atoms with Crippen molar-refractivity contribution in [2.45, 2.75) is 33.7 Å². The van der Waals surface area contributed by atoms with Gasteiger partial charge in [0.25, 0.3) is 0 Å². The van der Waals surface area contributed by atoms with Gasteiger partial charge in [-0.2, -0.15) is 0 Å². The summed E-state index contributed by atoms with van der Waals surface area (Å²) in [7, 11) is 0. The third kappa shape index (κ3) is 4.39. The van der Waals surface area contributed by atoms with Crippen molar-refractivity contribution in [3.63, 3.8) is 0 Å². The number of thiazole rings is 1. The van der Waals surface area contributed by atoms with Crippen LogP contribution in [0.2, 0.25) is 0 Å². The van der Waals surface area contributed by atoms with E-state index in [0.717, 1.165) is 35.6 Å². The van der Waals surface area contributed by atoms with Crippen molar-refractivity contribution in [3.05, 3.63) is 71.0 Å². The summed E-state index contributed by atoms with van der Waals surface area (Å²) in [5.74, 6) is -0.310. The van der Waals surface area contributed by atoms with Gasteiger partial charge in [0.05, 0.1) is 17.9 Å². The molecule has 3 aromatic rings. The van der Waals surface area contributed by atoms with Crippen molar-refractivity contribution in [2.24, 2.45) is 0 Å². The van der Waals surface area contributed by atoms with E-state index in [9.17, 15) is 9.18 Å². The third-order valence-electron chi connectivity index (χ3n) is 4.59. The van der Waals surface area contributed by atoms with Gasteiger partial charge in [0.1, 0.15) is 5.82 Å². The Labute approximate surface area is 169 Å². The first kappa shape index (κ1) is 20.0. The molecule has 0 aliphatic carbocycles. The summed E-state index contributed by atoms with van der Waals surface area (Å²) in [6.07, 6.45) is 0.840. The molecule has 1 amide bonds. The number of rotatable bonds is 7. The molecule has 0 bridgehead atoms. The lowest BCUT2D eigenvalue weighted by atomic mass is 10.1. The zero-order valence-electron chi connectivity index (χ0n) is 16.4. The van der Waals surface area contributed by atoms with Crippen molar-refractivity contribution < 1.29 is 9.18 Å². The van der Waals surface area contributed by atoms with E-state index in [1.807, 2.05) is 29.6 Å². The number of para-hydroxylation sites is 1. The lowest BCUT2D eigenvalue weighted by Crippen LogP contribution is -2.24. The number of benzene rings is 2. The van der Waals surface area contributed by atoms with Gasteiger partial charge in [-0.3, -0.25) is 9.69 Å². The second-order valence-electron chi connectivity index (χ2n) is 6.45. The molecule has 6 heteroatoms. The first-order valence-corrected chi connectivity index (χ1v) is 10.2. The lowest BCUT2D eigenvalue weighted by molar-refractivity contribution is -0.115. The lowest BCUT2D eigenvalue weighted by Gasteiger charge is -2.22. The molecule has 0 unspecified atom stereocenters. The molecule has 0 N–H and O–H groups in total. The summed E-state index contributed by atoms with van der Waals surface area (Å²) in [5, 5.41) is 2.64. The number of aryl methyl sites for hydroxylation is 1. The van der Waals surface area contributed by atoms with E-state index < -0.39 is 0 Å². The van der Waals surface area contributed by atoms with Gasteiger partial charge in [-0.15, -0.1) is 11.3 Å². The smallest absolute Gasteiger partial charge is 0.230 e. The molecule has 0 radical (unpaired) electrons. The van der Waals surface area contributed by atoms with Crippen LogP contribution in [0.4, 0.5) is 20.9 Å². The highest BCUT2D eigenvalue weighted by molar-refractivity contribution is 7.14. The van der Waals surface area contributed by atoms with Gasteiger partial charge in [-0.25, -0.2) is 9.37 Å². The maximum absolute atomic E-state index is 13.2. The molecule has 0 atom stereocenters. The fraction of sp³-hybridized carbons (Fsp3) is 0.273. The Balaban J connectivity index is 1.86. The average molecular weight is 398 g/mol. The molecule has 0 aliphatic rings. The monoisotopic (exact) mass is 397 g/mol. The van der Waals surface area contributed by atoms with Gasteiger partial charge in [0, 0.05) is 24.5 Å². The second kappa shape index (κ2) is 8.97. The van der Waals surface area contributed by atoms with Crippen molar-refractivity contribution in [2.75, 3.05) is 16.3 Å². The van der Waals surface area contributed by atoms with Crippen LogP contribution in [0.1, 0.15) is 32.0 Å². The quantitative estimate of drug-likeness (QED) is 0.524. The molecule has 0 saturated carbocycles. The molecule has 0 spiro atoms. The van der Waals surface area contributed by atoms with E-state index in [1.165, 1.54) is 23.5 Å². The van der Waals surface area contributed by atoms with Crippen LogP contribution in [0.15, 0.2) is 53.9 Å². The van der Waals surface area contributed by atoms with E-state index in [2.05, 4.69) is 18.7 Å². The molecule has 2 aromatic carbocycles. The fourth-order valence-electron chi connectivity index (χ4n) is 3.14. The van der Waals surface area contributed by atoms with Crippen molar-refractivity contribution in [1.29, 1.82) is 0 Å². The first-order chi connectivity index (χ1) is 13.5. The summed E-state index contributed by atoms with van der Waals surface area (Å²) < 4.78 is 13.2. The summed E-state index contributed by atoms with van der Waals surface area (Å²) in [5.41, 5.74) is 3.81. The van der Waals surface area contributed by atoms with Crippen LogP contribution in [-0.2, 0) is 17.8 Å². The predicted molar refractivity (Wildman–Crippen MR) is 114 cm³/mol. The van der Waals surface area contributed by atoms with Gasteiger partial charge < -0.3 is 4.90 Å². The summed E-state index contributed by atoms with van der Waals surface area (Å²) >= 11 is 1.46. The van der Waals surface area contributed by atoms with Gasteiger partial charge in [-0.1, -0.05) is 25.1 Å². The van der Waals surface area contributed by atoms with E-state index >= 15 is 0 Å². The molecule has 4 nitrogen and oxygen atoms in total. The molecular weight excluding hydrogens is 373 g/mol. The largest absolute Gasteiger partial charge is 0.366 e. The topological polar surface area (TPSA) is 36.4 Å². The van der Waals surface area contributed by atoms with Crippen LogP contribution in [0.3, 0.4) is 0 Å². The Hall–Kier alpha value is -2.73. The molecular formula is C22H24FN3OS. The van der Waals surface area contributed by atoms with E-state index in [1.54, 1.807) is 24.0 Å². The number of carbonyl (C=O) groups excluding carboxylic acids is 1. The number of anilines is 3. The number of amides is 1. The minimum absolute atomic E-state index is 0.0623. The molecule has 0 saturated heterocycles. The summed E-state index contributed by atoms with van der Waals surface area (Å²) in [4.78, 5) is 20.9. The van der Waals surface area contributed by atoms with Crippen LogP contribution in [0.5, 0.6) is 0 Å². The Morgan fingerprint density at radius 1 is 1.11 bits per heavy atom. The highest BCUT2D eigenvalue weighted by Crippen LogP contribution is 2.32. The van der Waals surface area contributed by atoms with Gasteiger partial charge >= 0.3 is 0 Å². The SMILES string of the molecule is CCc1ccccc1N(C(C)=O)c1nc(CN(CC)c2ccc(F)cc2)cs1. The molecule has 0 fully saturated rings. The van der Waals surface area contributed by atoms with Gasteiger partial charge in [0.15, 0.2) is 5.13 Å². The summed E-state index contributed by atoms with van der Waals surface area (Å²) in [6.45, 7) is 7.06. The van der Waals surface area contributed by atoms with Gasteiger partial charge in [0.2, 0.25) is 5.91 Å². The maximum atomic E-state index is 13.2. The van der Waals surface area contributed by atoms with Crippen LogP contribution in [0, 0.1) is 5.82 Å². The molecule has 1 heterocycles. The number of aromatic nitrogens is 1. The molecule has 1 aromatic heterocycles. The normalized spacial score (nSPS) is 10.7. The minimum atomic E-state index is -0.248. The van der Waals surface area contributed by atoms with Crippen molar-refractivity contribution >= 4 is 33.8 Å². The van der Waals surface area contributed by atoms with E-state index in [0.29, 0.717) is 11.7 Å². The number of halogens is 1. The maximum Gasteiger partial charge on any atom is 0.230 e. The molecule has 0 aliphatic heterocycles. The standard InChI is InChI=1S/C22H24FN3OS/c1-4-17-8-6-7-9-21(17)26(16(3)27)22-24-19(15-28-22)14-25(5-2)20-12-10-18(23)11-13-20/h6-13,15H,4-5,14H2,1-3H3. The van der Waals surface area contributed by atoms with Crippen LogP contribution in [-0.4, -0.2) is 17.4 Å². The zero-order valence-corrected chi connectivity index (χ0v) is 17.2. The minimum Gasteiger partial charge on any atom is -0.366 e. The number of hydrogen-bond acceptors (Lipinski definition) is 4. The van der Waals surface area contributed by atoms with E-state index in [-0.39, 0.29) is 11.7 Å². The molecule has 146 valence electrons. The fourth-order valence-corrected chi connectivity index (χ4v) is 4.01. The van der Waals surface area contributed by atoms with E-state index in [4.69, 9.17) is 4.98 Å². The van der Waals surface area contributed by atoms with Crippen molar-refractivity contribution in [1.82, 2.24) is 4.98 Å². The van der Waals surface area contributed by atoms with Crippen LogP contribution >= 0.6 is 11.3 Å².